The van der Waals surface area contributed by atoms with Gasteiger partial charge >= 0.3 is 0 Å². The number of amides is 2. The molecule has 27 heavy (non-hydrogen) atoms. The van der Waals surface area contributed by atoms with Gasteiger partial charge in [0.2, 0.25) is 5.91 Å². The molecule has 6 nitrogen and oxygen atoms in total. The Hall–Kier alpha value is -1.89. The van der Waals surface area contributed by atoms with Gasteiger partial charge in [0.1, 0.15) is 0 Å². The summed E-state index contributed by atoms with van der Waals surface area (Å²) in [6.07, 6.45) is 4.80. The lowest BCUT2D eigenvalue weighted by Gasteiger charge is -2.29. The molecule has 1 atom stereocenters. The van der Waals surface area contributed by atoms with Crippen LogP contribution in [0.1, 0.15) is 55.8 Å². The summed E-state index contributed by atoms with van der Waals surface area (Å²) in [5.41, 5.74) is 1.36. The Balaban J connectivity index is 1.76. The van der Waals surface area contributed by atoms with Gasteiger partial charge in [-0.3, -0.25) is 9.59 Å². The average molecular weight is 393 g/mol. The number of benzene rings is 1. The summed E-state index contributed by atoms with van der Waals surface area (Å²) in [7, 11) is -3.05. The van der Waals surface area contributed by atoms with Crippen molar-refractivity contribution in [3.63, 3.8) is 0 Å². The largest absolute Gasteiger partial charge is 0.335 e. The van der Waals surface area contributed by atoms with Crippen LogP contribution in [-0.2, 0) is 14.6 Å². The third-order valence-corrected chi connectivity index (χ3v) is 7.16. The van der Waals surface area contributed by atoms with Gasteiger partial charge in [-0.15, -0.1) is 0 Å². The standard InChI is InChI=1S/C20H28N2O4S/c1-2-3-12-22(18-11-14-27(25,26)15-18)20(24)16-7-9-17(10-8-16)21-13-5-4-6-19(21)23/h7-10,18H,2-6,11-15H2,1H3. The summed E-state index contributed by atoms with van der Waals surface area (Å²) in [5.74, 6) is 0.218. The van der Waals surface area contributed by atoms with Crippen LogP contribution in [0, 0.1) is 0 Å². The van der Waals surface area contributed by atoms with Crippen molar-refractivity contribution in [2.45, 2.75) is 51.5 Å². The second-order valence-corrected chi connectivity index (χ2v) is 9.69. The molecule has 0 bridgehead atoms. The third kappa shape index (κ3) is 4.69. The van der Waals surface area contributed by atoms with Crippen LogP contribution in [0.25, 0.3) is 0 Å². The molecule has 1 aromatic carbocycles. The van der Waals surface area contributed by atoms with E-state index in [0.717, 1.165) is 31.4 Å². The van der Waals surface area contributed by atoms with Crippen molar-refractivity contribution in [2.24, 2.45) is 0 Å². The van der Waals surface area contributed by atoms with Gasteiger partial charge in [0.15, 0.2) is 9.84 Å². The number of piperidine rings is 1. The summed E-state index contributed by atoms with van der Waals surface area (Å²) in [4.78, 5) is 28.6. The number of carbonyl (C=O) groups excluding carboxylic acids is 2. The molecule has 0 aromatic heterocycles. The molecule has 2 amide bonds. The van der Waals surface area contributed by atoms with Crippen LogP contribution in [0.15, 0.2) is 24.3 Å². The van der Waals surface area contributed by atoms with Crippen LogP contribution in [0.3, 0.4) is 0 Å². The Bertz CT molecular complexity index is 789. The highest BCUT2D eigenvalue weighted by Crippen LogP contribution is 2.24. The third-order valence-electron chi connectivity index (χ3n) is 5.41. The lowest BCUT2D eigenvalue weighted by molar-refractivity contribution is -0.119. The van der Waals surface area contributed by atoms with E-state index in [2.05, 4.69) is 6.92 Å². The maximum absolute atomic E-state index is 13.1. The number of nitrogens with zero attached hydrogens (tertiary/aromatic N) is 2. The van der Waals surface area contributed by atoms with Gasteiger partial charge in [0, 0.05) is 36.8 Å². The van der Waals surface area contributed by atoms with Crippen molar-refractivity contribution < 1.29 is 18.0 Å². The summed E-state index contributed by atoms with van der Waals surface area (Å²) in [6, 6.07) is 6.90. The molecule has 1 unspecified atom stereocenters. The Morgan fingerprint density at radius 3 is 2.56 bits per heavy atom. The highest BCUT2D eigenvalue weighted by atomic mass is 32.2. The lowest BCUT2D eigenvalue weighted by Crippen LogP contribution is -2.41. The predicted molar refractivity (Wildman–Crippen MR) is 106 cm³/mol. The van der Waals surface area contributed by atoms with Gasteiger partial charge < -0.3 is 9.80 Å². The van der Waals surface area contributed by atoms with E-state index in [9.17, 15) is 18.0 Å². The molecule has 2 saturated heterocycles. The van der Waals surface area contributed by atoms with E-state index >= 15 is 0 Å². The molecule has 148 valence electrons. The molecule has 7 heteroatoms. The Labute approximate surface area is 161 Å². The fourth-order valence-corrected chi connectivity index (χ4v) is 5.56. The zero-order valence-corrected chi connectivity index (χ0v) is 16.7. The molecule has 2 heterocycles. The predicted octanol–water partition coefficient (Wildman–Crippen LogP) is 2.63. The summed E-state index contributed by atoms with van der Waals surface area (Å²) in [5, 5.41) is 0. The van der Waals surface area contributed by atoms with Gasteiger partial charge in [0.25, 0.3) is 5.91 Å². The van der Waals surface area contributed by atoms with Gasteiger partial charge in [-0.2, -0.15) is 0 Å². The van der Waals surface area contributed by atoms with E-state index in [1.807, 2.05) is 12.1 Å². The number of hydrogen-bond acceptors (Lipinski definition) is 4. The first kappa shape index (κ1) is 19.9. The summed E-state index contributed by atoms with van der Waals surface area (Å²) in [6.45, 7) is 3.34. The Morgan fingerprint density at radius 2 is 1.96 bits per heavy atom. The maximum atomic E-state index is 13.1. The zero-order valence-electron chi connectivity index (χ0n) is 15.9. The van der Waals surface area contributed by atoms with E-state index in [1.54, 1.807) is 21.9 Å². The van der Waals surface area contributed by atoms with E-state index in [4.69, 9.17) is 0 Å². The van der Waals surface area contributed by atoms with Crippen LogP contribution in [0.5, 0.6) is 0 Å². The topological polar surface area (TPSA) is 74.8 Å². The Kier molecular flexibility index (Phi) is 6.19. The normalized spacial score (nSPS) is 22.0. The number of sulfone groups is 1. The molecule has 0 N–H and O–H groups in total. The first-order valence-electron chi connectivity index (χ1n) is 9.83. The van der Waals surface area contributed by atoms with E-state index in [0.29, 0.717) is 31.5 Å². The summed E-state index contributed by atoms with van der Waals surface area (Å²) >= 11 is 0. The number of rotatable bonds is 6. The van der Waals surface area contributed by atoms with Gasteiger partial charge in [0.05, 0.1) is 11.5 Å². The maximum Gasteiger partial charge on any atom is 0.254 e. The first-order chi connectivity index (χ1) is 12.9. The van der Waals surface area contributed by atoms with Crippen molar-refractivity contribution >= 4 is 27.3 Å². The molecular weight excluding hydrogens is 364 g/mol. The monoisotopic (exact) mass is 392 g/mol. The number of unbranched alkanes of at least 4 members (excludes halogenated alkanes) is 1. The smallest absolute Gasteiger partial charge is 0.254 e. The van der Waals surface area contributed by atoms with Crippen molar-refractivity contribution in [3.05, 3.63) is 29.8 Å². The van der Waals surface area contributed by atoms with E-state index in [-0.39, 0.29) is 29.4 Å². The number of carbonyl (C=O) groups is 2. The van der Waals surface area contributed by atoms with Gasteiger partial charge in [-0.05, 0) is 49.9 Å². The second-order valence-electron chi connectivity index (χ2n) is 7.46. The van der Waals surface area contributed by atoms with Crippen molar-refractivity contribution in [2.75, 3.05) is 29.5 Å². The zero-order chi connectivity index (χ0) is 19.4. The van der Waals surface area contributed by atoms with Crippen LogP contribution >= 0.6 is 0 Å². The molecule has 0 aliphatic carbocycles. The second kappa shape index (κ2) is 8.42. The molecule has 0 saturated carbocycles. The average Bonchev–Trinajstić information content (AvgIpc) is 3.02. The molecule has 2 aliphatic heterocycles. The van der Waals surface area contributed by atoms with E-state index in [1.165, 1.54) is 0 Å². The van der Waals surface area contributed by atoms with Crippen LogP contribution in [0.2, 0.25) is 0 Å². The molecule has 2 fully saturated rings. The molecular formula is C20H28N2O4S. The fourth-order valence-electron chi connectivity index (χ4n) is 3.83. The fraction of sp³-hybridized carbons (Fsp3) is 0.600. The van der Waals surface area contributed by atoms with Gasteiger partial charge in [-0.1, -0.05) is 13.3 Å². The molecule has 3 rings (SSSR count). The van der Waals surface area contributed by atoms with Gasteiger partial charge in [-0.25, -0.2) is 8.42 Å². The molecule has 1 aromatic rings. The number of hydrogen-bond donors (Lipinski definition) is 0. The highest BCUT2D eigenvalue weighted by Gasteiger charge is 2.34. The van der Waals surface area contributed by atoms with Crippen LogP contribution < -0.4 is 4.90 Å². The van der Waals surface area contributed by atoms with Crippen molar-refractivity contribution in [1.82, 2.24) is 4.90 Å². The minimum absolute atomic E-state index is 0.0584. The minimum Gasteiger partial charge on any atom is -0.335 e. The minimum atomic E-state index is -3.05. The molecule has 0 radical (unpaired) electrons. The lowest BCUT2D eigenvalue weighted by atomic mass is 10.1. The van der Waals surface area contributed by atoms with E-state index < -0.39 is 9.84 Å². The van der Waals surface area contributed by atoms with Crippen LogP contribution in [-0.4, -0.2) is 55.8 Å². The molecule has 0 spiro atoms. The van der Waals surface area contributed by atoms with Crippen LogP contribution in [0.4, 0.5) is 5.69 Å². The highest BCUT2D eigenvalue weighted by molar-refractivity contribution is 7.91. The quantitative estimate of drug-likeness (QED) is 0.746. The van der Waals surface area contributed by atoms with Crippen molar-refractivity contribution in [1.29, 1.82) is 0 Å². The SMILES string of the molecule is CCCCN(C(=O)c1ccc(N2CCCCC2=O)cc1)C1CCS(=O)(=O)C1. The molecule has 2 aliphatic rings. The Morgan fingerprint density at radius 1 is 1.22 bits per heavy atom. The van der Waals surface area contributed by atoms with Crippen molar-refractivity contribution in [3.8, 4) is 0 Å². The summed E-state index contributed by atoms with van der Waals surface area (Å²) < 4.78 is 23.7. The number of anilines is 1. The first-order valence-corrected chi connectivity index (χ1v) is 11.7.